The Balaban J connectivity index is 1.32. The molecule has 0 N–H and O–H groups in total. The molecule has 1 aliphatic carbocycles. The van der Waals surface area contributed by atoms with E-state index in [0.717, 1.165) is 50.5 Å². The molecule has 2 fully saturated rings. The third-order valence-electron chi connectivity index (χ3n) is 5.09. The van der Waals surface area contributed by atoms with Gasteiger partial charge in [-0.2, -0.15) is 0 Å². The highest BCUT2D eigenvalue weighted by Gasteiger charge is 2.29. The van der Waals surface area contributed by atoms with E-state index >= 15 is 0 Å². The molecule has 132 valence electrons. The molecule has 25 heavy (non-hydrogen) atoms. The number of nitrogens with zero attached hydrogens (tertiary/aromatic N) is 6. The van der Waals surface area contributed by atoms with Crippen LogP contribution in [0.3, 0.4) is 0 Å². The molecule has 1 saturated carbocycles. The van der Waals surface area contributed by atoms with Gasteiger partial charge in [-0.25, -0.2) is 4.68 Å². The van der Waals surface area contributed by atoms with Crippen LogP contribution in [-0.2, 0) is 13.0 Å². The van der Waals surface area contributed by atoms with Gasteiger partial charge in [0.1, 0.15) is 0 Å². The zero-order valence-electron chi connectivity index (χ0n) is 14.6. The molecule has 1 aromatic carbocycles. The molecule has 0 unspecified atom stereocenters. The first-order valence-corrected chi connectivity index (χ1v) is 9.12. The number of carbonyl (C=O) groups excluding carboxylic acids is 1. The van der Waals surface area contributed by atoms with Gasteiger partial charge >= 0.3 is 0 Å². The van der Waals surface area contributed by atoms with Crippen LogP contribution < -0.4 is 0 Å². The lowest BCUT2D eigenvalue weighted by molar-refractivity contribution is 0.0623. The van der Waals surface area contributed by atoms with E-state index in [1.807, 2.05) is 33.8 Å². The second-order valence-corrected chi connectivity index (χ2v) is 6.89. The molecule has 4 rings (SSSR count). The highest BCUT2D eigenvalue weighted by Crippen LogP contribution is 2.34. The molecule has 2 aromatic rings. The molecule has 1 aliphatic heterocycles. The summed E-state index contributed by atoms with van der Waals surface area (Å²) in [5, 5.41) is 12.1. The van der Waals surface area contributed by atoms with Crippen LogP contribution in [0.2, 0.25) is 0 Å². The predicted molar refractivity (Wildman–Crippen MR) is 93.1 cm³/mol. The molecular weight excluding hydrogens is 316 g/mol. The molecule has 1 amide bonds. The molecule has 2 heterocycles. The van der Waals surface area contributed by atoms with Gasteiger partial charge in [-0.15, -0.1) is 5.10 Å². The molecule has 0 bridgehead atoms. The van der Waals surface area contributed by atoms with Crippen molar-refractivity contribution < 1.29 is 4.79 Å². The number of amides is 1. The predicted octanol–water partition coefficient (Wildman–Crippen LogP) is 1.53. The van der Waals surface area contributed by atoms with Crippen molar-refractivity contribution in [3.63, 3.8) is 0 Å². The van der Waals surface area contributed by atoms with Crippen molar-refractivity contribution in [3.8, 4) is 0 Å². The molecule has 1 aromatic heterocycles. The summed E-state index contributed by atoms with van der Waals surface area (Å²) < 4.78 is 1.97. The number of hydrogen-bond acceptors (Lipinski definition) is 5. The molecule has 0 atom stereocenters. The van der Waals surface area contributed by atoms with Crippen molar-refractivity contribution in [2.45, 2.75) is 38.8 Å². The van der Waals surface area contributed by atoms with Crippen LogP contribution in [0.5, 0.6) is 0 Å². The van der Waals surface area contributed by atoms with Crippen LogP contribution in [0, 0.1) is 0 Å². The Bertz CT molecular complexity index is 728. The van der Waals surface area contributed by atoms with Gasteiger partial charge in [0, 0.05) is 31.7 Å². The molecule has 7 heteroatoms. The van der Waals surface area contributed by atoms with Gasteiger partial charge in [0.15, 0.2) is 5.82 Å². The summed E-state index contributed by atoms with van der Waals surface area (Å²) in [7, 11) is 0. The van der Waals surface area contributed by atoms with E-state index in [1.165, 1.54) is 18.4 Å². The number of hydrogen-bond donors (Lipinski definition) is 0. The normalized spacial score (nSPS) is 18.5. The van der Waals surface area contributed by atoms with E-state index in [2.05, 4.69) is 27.3 Å². The zero-order valence-corrected chi connectivity index (χ0v) is 14.6. The Labute approximate surface area is 147 Å². The first-order valence-electron chi connectivity index (χ1n) is 9.12. The van der Waals surface area contributed by atoms with Crippen molar-refractivity contribution in [1.82, 2.24) is 30.0 Å². The van der Waals surface area contributed by atoms with Gasteiger partial charge in [-0.1, -0.05) is 19.1 Å². The topological polar surface area (TPSA) is 67.2 Å². The van der Waals surface area contributed by atoms with Crippen LogP contribution in [0.25, 0.3) is 0 Å². The van der Waals surface area contributed by atoms with Crippen molar-refractivity contribution in [2.24, 2.45) is 0 Å². The number of rotatable bonds is 5. The SMILES string of the molecule is CCc1ccc(C(=O)N2CCN(Cc3nnnn3C3CC3)CC2)cc1. The third-order valence-corrected chi connectivity index (χ3v) is 5.09. The first kappa shape index (κ1) is 16.2. The Kier molecular flexibility index (Phi) is 4.48. The van der Waals surface area contributed by atoms with Crippen LogP contribution >= 0.6 is 0 Å². The van der Waals surface area contributed by atoms with Gasteiger partial charge in [0.25, 0.3) is 5.91 Å². The number of tetrazole rings is 1. The number of carbonyl (C=O) groups is 1. The Hall–Kier alpha value is -2.28. The average Bonchev–Trinajstić information content (AvgIpc) is 3.41. The monoisotopic (exact) mass is 340 g/mol. The minimum absolute atomic E-state index is 0.130. The van der Waals surface area contributed by atoms with Gasteiger partial charge in [0.05, 0.1) is 12.6 Å². The summed E-state index contributed by atoms with van der Waals surface area (Å²) in [5.74, 6) is 1.07. The second kappa shape index (κ2) is 6.92. The fourth-order valence-electron chi connectivity index (χ4n) is 3.29. The van der Waals surface area contributed by atoms with E-state index in [9.17, 15) is 4.79 Å². The zero-order chi connectivity index (χ0) is 17.2. The highest BCUT2D eigenvalue weighted by molar-refractivity contribution is 5.94. The fraction of sp³-hybridized carbons (Fsp3) is 0.556. The smallest absolute Gasteiger partial charge is 0.253 e. The van der Waals surface area contributed by atoms with Crippen molar-refractivity contribution in [1.29, 1.82) is 0 Å². The van der Waals surface area contributed by atoms with Gasteiger partial charge in [-0.05, 0) is 47.4 Å². The van der Waals surface area contributed by atoms with Crippen molar-refractivity contribution >= 4 is 5.91 Å². The van der Waals surface area contributed by atoms with Gasteiger partial charge < -0.3 is 4.90 Å². The van der Waals surface area contributed by atoms with Crippen LogP contribution in [0.4, 0.5) is 0 Å². The lowest BCUT2D eigenvalue weighted by Crippen LogP contribution is -2.48. The minimum atomic E-state index is 0.130. The average molecular weight is 340 g/mol. The Morgan fingerprint density at radius 2 is 1.84 bits per heavy atom. The summed E-state index contributed by atoms with van der Waals surface area (Å²) in [6.07, 6.45) is 3.35. The molecule has 2 aliphatic rings. The first-order chi connectivity index (χ1) is 12.2. The maximum atomic E-state index is 12.6. The summed E-state index contributed by atoms with van der Waals surface area (Å²) in [6, 6.07) is 8.47. The summed E-state index contributed by atoms with van der Waals surface area (Å²) in [4.78, 5) is 16.9. The number of aryl methyl sites for hydroxylation is 1. The van der Waals surface area contributed by atoms with E-state index in [4.69, 9.17) is 0 Å². The van der Waals surface area contributed by atoms with E-state index in [0.29, 0.717) is 6.04 Å². The lowest BCUT2D eigenvalue weighted by atomic mass is 10.1. The van der Waals surface area contributed by atoms with Gasteiger partial charge in [-0.3, -0.25) is 9.69 Å². The largest absolute Gasteiger partial charge is 0.336 e. The van der Waals surface area contributed by atoms with Crippen molar-refractivity contribution in [3.05, 3.63) is 41.2 Å². The molecule has 1 saturated heterocycles. The number of aromatic nitrogens is 4. The highest BCUT2D eigenvalue weighted by atomic mass is 16.2. The van der Waals surface area contributed by atoms with Crippen LogP contribution in [-0.4, -0.2) is 62.1 Å². The van der Waals surface area contributed by atoms with E-state index in [1.54, 1.807) is 0 Å². The summed E-state index contributed by atoms with van der Waals surface area (Å²) >= 11 is 0. The molecular formula is C18H24N6O. The quantitative estimate of drug-likeness (QED) is 0.826. The maximum Gasteiger partial charge on any atom is 0.253 e. The van der Waals surface area contributed by atoms with E-state index < -0.39 is 0 Å². The number of piperazine rings is 1. The van der Waals surface area contributed by atoms with Crippen LogP contribution in [0.1, 0.15) is 47.6 Å². The maximum absolute atomic E-state index is 12.6. The molecule has 7 nitrogen and oxygen atoms in total. The second-order valence-electron chi connectivity index (χ2n) is 6.89. The van der Waals surface area contributed by atoms with E-state index in [-0.39, 0.29) is 5.91 Å². The standard InChI is InChI=1S/C18H24N6O/c1-2-14-3-5-15(6-4-14)18(25)23-11-9-22(10-12-23)13-17-19-20-21-24(17)16-7-8-16/h3-6,16H,2,7-13H2,1H3. The van der Waals surface area contributed by atoms with Crippen molar-refractivity contribution in [2.75, 3.05) is 26.2 Å². The Morgan fingerprint density at radius 1 is 1.12 bits per heavy atom. The Morgan fingerprint density at radius 3 is 2.48 bits per heavy atom. The molecule has 0 radical (unpaired) electrons. The van der Waals surface area contributed by atoms with Gasteiger partial charge in [0.2, 0.25) is 0 Å². The minimum Gasteiger partial charge on any atom is -0.336 e. The third kappa shape index (κ3) is 3.56. The fourth-order valence-corrected chi connectivity index (χ4v) is 3.29. The lowest BCUT2D eigenvalue weighted by Gasteiger charge is -2.34. The summed E-state index contributed by atoms with van der Waals surface area (Å²) in [5.41, 5.74) is 2.04. The number of benzene rings is 1. The molecule has 0 spiro atoms. The summed E-state index contributed by atoms with van der Waals surface area (Å²) in [6.45, 7) is 6.09. The van der Waals surface area contributed by atoms with Crippen LogP contribution in [0.15, 0.2) is 24.3 Å².